The van der Waals surface area contributed by atoms with Crippen LogP contribution in [0.5, 0.6) is 0 Å². The van der Waals surface area contributed by atoms with E-state index in [1.807, 2.05) is 31.2 Å². The first-order valence-corrected chi connectivity index (χ1v) is 6.37. The molecule has 0 aliphatic rings. The summed E-state index contributed by atoms with van der Waals surface area (Å²) in [4.78, 5) is 4.35. The third kappa shape index (κ3) is 2.51. The second-order valence-corrected chi connectivity index (χ2v) is 4.30. The number of nitrogens with one attached hydrogen (secondary N) is 1. The molecule has 0 amide bonds. The molecule has 5 heteroatoms. The monoisotopic (exact) mass is 253 g/mol. The van der Waals surface area contributed by atoms with Gasteiger partial charge in [0.1, 0.15) is 5.82 Å². The SMILES string of the molecule is CCc1nsc(Nc2ccccc2CCl)n1. The Bertz CT molecular complexity index is 470. The molecule has 16 heavy (non-hydrogen) atoms. The van der Waals surface area contributed by atoms with Gasteiger partial charge in [0.05, 0.1) is 0 Å². The number of nitrogens with zero attached hydrogens (tertiary/aromatic N) is 2. The normalized spacial score (nSPS) is 10.4. The Hall–Kier alpha value is -1.13. The van der Waals surface area contributed by atoms with E-state index >= 15 is 0 Å². The Balaban J connectivity index is 2.19. The van der Waals surface area contributed by atoms with Crippen LogP contribution in [0.2, 0.25) is 0 Å². The van der Waals surface area contributed by atoms with Crippen LogP contribution >= 0.6 is 23.1 Å². The molecule has 0 saturated heterocycles. The van der Waals surface area contributed by atoms with Gasteiger partial charge in [-0.25, -0.2) is 4.98 Å². The molecule has 0 aliphatic carbocycles. The van der Waals surface area contributed by atoms with Gasteiger partial charge in [-0.05, 0) is 11.6 Å². The summed E-state index contributed by atoms with van der Waals surface area (Å²) in [5, 5.41) is 4.05. The molecule has 0 fully saturated rings. The summed E-state index contributed by atoms with van der Waals surface area (Å²) >= 11 is 7.23. The fourth-order valence-electron chi connectivity index (χ4n) is 1.32. The van der Waals surface area contributed by atoms with E-state index in [1.165, 1.54) is 11.5 Å². The van der Waals surface area contributed by atoms with Gasteiger partial charge in [-0.1, -0.05) is 25.1 Å². The van der Waals surface area contributed by atoms with Crippen molar-refractivity contribution >= 4 is 34.0 Å². The lowest BCUT2D eigenvalue weighted by molar-refractivity contribution is 1.00. The number of hydrogen-bond donors (Lipinski definition) is 1. The van der Waals surface area contributed by atoms with E-state index in [4.69, 9.17) is 11.6 Å². The van der Waals surface area contributed by atoms with Crippen LogP contribution < -0.4 is 5.32 Å². The summed E-state index contributed by atoms with van der Waals surface area (Å²) in [6, 6.07) is 7.93. The smallest absolute Gasteiger partial charge is 0.207 e. The number of aromatic nitrogens is 2. The standard InChI is InChI=1S/C11H12ClN3S/c1-2-10-14-11(16-15-10)13-9-6-4-3-5-8(9)7-12/h3-6H,2,7H2,1H3,(H,13,14,15). The number of hydrogen-bond acceptors (Lipinski definition) is 4. The Labute approximate surface area is 104 Å². The van der Waals surface area contributed by atoms with Crippen LogP contribution in [0.15, 0.2) is 24.3 Å². The number of rotatable bonds is 4. The number of para-hydroxylation sites is 1. The van der Waals surface area contributed by atoms with Crippen molar-refractivity contribution in [2.24, 2.45) is 0 Å². The molecule has 2 aromatic rings. The van der Waals surface area contributed by atoms with Gasteiger partial charge in [0.2, 0.25) is 5.13 Å². The van der Waals surface area contributed by atoms with Crippen LogP contribution in [0.3, 0.4) is 0 Å². The van der Waals surface area contributed by atoms with Crippen molar-refractivity contribution in [1.82, 2.24) is 9.36 Å². The molecule has 0 saturated carbocycles. The highest BCUT2D eigenvalue weighted by Gasteiger charge is 2.05. The summed E-state index contributed by atoms with van der Waals surface area (Å²) in [7, 11) is 0. The van der Waals surface area contributed by atoms with Crippen molar-refractivity contribution < 1.29 is 0 Å². The summed E-state index contributed by atoms with van der Waals surface area (Å²) < 4.78 is 4.22. The van der Waals surface area contributed by atoms with Crippen molar-refractivity contribution in [3.8, 4) is 0 Å². The van der Waals surface area contributed by atoms with Gasteiger partial charge in [-0.15, -0.1) is 11.6 Å². The molecule has 0 aliphatic heterocycles. The molecule has 1 heterocycles. The number of alkyl halides is 1. The number of benzene rings is 1. The Kier molecular flexibility index (Phi) is 3.74. The third-order valence-electron chi connectivity index (χ3n) is 2.19. The summed E-state index contributed by atoms with van der Waals surface area (Å²) in [6.07, 6.45) is 0.856. The quantitative estimate of drug-likeness (QED) is 0.847. The van der Waals surface area contributed by atoms with Crippen LogP contribution in [0, 0.1) is 0 Å². The second-order valence-electron chi connectivity index (χ2n) is 3.29. The van der Waals surface area contributed by atoms with Gasteiger partial charge in [0, 0.05) is 29.5 Å². The van der Waals surface area contributed by atoms with E-state index < -0.39 is 0 Å². The van der Waals surface area contributed by atoms with E-state index in [-0.39, 0.29) is 0 Å². The maximum atomic E-state index is 5.86. The molecule has 0 spiro atoms. The van der Waals surface area contributed by atoms with Crippen molar-refractivity contribution in [3.05, 3.63) is 35.7 Å². The van der Waals surface area contributed by atoms with Gasteiger partial charge in [0.15, 0.2) is 0 Å². The van der Waals surface area contributed by atoms with Gasteiger partial charge in [-0.2, -0.15) is 4.37 Å². The average Bonchev–Trinajstić information content (AvgIpc) is 2.77. The molecule has 0 radical (unpaired) electrons. The van der Waals surface area contributed by atoms with Crippen LogP contribution in [-0.2, 0) is 12.3 Å². The zero-order chi connectivity index (χ0) is 11.4. The van der Waals surface area contributed by atoms with Gasteiger partial charge in [0.25, 0.3) is 0 Å². The molecule has 0 bridgehead atoms. The zero-order valence-electron chi connectivity index (χ0n) is 8.90. The lowest BCUT2D eigenvalue weighted by Crippen LogP contribution is -1.94. The highest BCUT2D eigenvalue weighted by atomic mass is 35.5. The Morgan fingerprint density at radius 2 is 2.19 bits per heavy atom. The molecule has 0 unspecified atom stereocenters. The van der Waals surface area contributed by atoms with E-state index in [2.05, 4.69) is 14.7 Å². The first-order valence-electron chi connectivity index (χ1n) is 5.07. The van der Waals surface area contributed by atoms with Gasteiger partial charge in [-0.3, -0.25) is 0 Å². The Morgan fingerprint density at radius 1 is 1.38 bits per heavy atom. The lowest BCUT2D eigenvalue weighted by Gasteiger charge is -2.06. The van der Waals surface area contributed by atoms with E-state index in [9.17, 15) is 0 Å². The first-order chi connectivity index (χ1) is 7.83. The highest BCUT2D eigenvalue weighted by Crippen LogP contribution is 2.23. The molecule has 1 aromatic carbocycles. The molecular formula is C11H12ClN3S. The van der Waals surface area contributed by atoms with Crippen LogP contribution in [0.25, 0.3) is 0 Å². The fraction of sp³-hybridized carbons (Fsp3) is 0.273. The molecule has 2 rings (SSSR count). The minimum atomic E-state index is 0.489. The highest BCUT2D eigenvalue weighted by molar-refractivity contribution is 7.09. The minimum Gasteiger partial charge on any atom is -0.330 e. The maximum absolute atomic E-state index is 5.86. The van der Waals surface area contributed by atoms with E-state index in [0.717, 1.165) is 28.6 Å². The van der Waals surface area contributed by atoms with E-state index in [0.29, 0.717) is 5.88 Å². The summed E-state index contributed by atoms with van der Waals surface area (Å²) in [5.74, 6) is 1.36. The number of halogens is 1. The van der Waals surface area contributed by atoms with Crippen LogP contribution in [0.4, 0.5) is 10.8 Å². The van der Waals surface area contributed by atoms with Crippen molar-refractivity contribution in [2.75, 3.05) is 5.32 Å². The first kappa shape index (κ1) is 11.4. The van der Waals surface area contributed by atoms with Crippen molar-refractivity contribution in [2.45, 2.75) is 19.2 Å². The minimum absolute atomic E-state index is 0.489. The molecule has 3 nitrogen and oxygen atoms in total. The number of anilines is 2. The lowest BCUT2D eigenvalue weighted by atomic mass is 10.2. The van der Waals surface area contributed by atoms with Crippen molar-refractivity contribution in [3.63, 3.8) is 0 Å². The number of aryl methyl sites for hydroxylation is 1. The van der Waals surface area contributed by atoms with Gasteiger partial charge >= 0.3 is 0 Å². The summed E-state index contributed by atoms with van der Waals surface area (Å²) in [6.45, 7) is 2.04. The van der Waals surface area contributed by atoms with Crippen LogP contribution in [-0.4, -0.2) is 9.36 Å². The predicted molar refractivity (Wildman–Crippen MR) is 68.6 cm³/mol. The second kappa shape index (κ2) is 5.27. The largest absolute Gasteiger partial charge is 0.330 e. The van der Waals surface area contributed by atoms with Gasteiger partial charge < -0.3 is 5.32 Å². The summed E-state index contributed by atoms with van der Waals surface area (Å²) in [5.41, 5.74) is 2.06. The topological polar surface area (TPSA) is 37.8 Å². The molecular weight excluding hydrogens is 242 g/mol. The van der Waals surface area contributed by atoms with Crippen molar-refractivity contribution in [1.29, 1.82) is 0 Å². The third-order valence-corrected chi connectivity index (χ3v) is 3.14. The molecule has 1 N–H and O–H groups in total. The maximum Gasteiger partial charge on any atom is 0.207 e. The Morgan fingerprint density at radius 3 is 2.88 bits per heavy atom. The zero-order valence-corrected chi connectivity index (χ0v) is 10.5. The fourth-order valence-corrected chi connectivity index (χ4v) is 2.22. The molecule has 84 valence electrons. The molecule has 0 atom stereocenters. The predicted octanol–water partition coefficient (Wildman–Crippen LogP) is 3.58. The molecule has 1 aromatic heterocycles. The average molecular weight is 254 g/mol. The van der Waals surface area contributed by atoms with Crippen LogP contribution in [0.1, 0.15) is 18.3 Å². The van der Waals surface area contributed by atoms with E-state index in [1.54, 1.807) is 0 Å².